The molecule has 0 saturated heterocycles. The maximum Gasteiger partial charge on any atom is 0.345 e. The number of fused-ring (bicyclic) bond motifs is 3. The lowest BCUT2D eigenvalue weighted by Gasteiger charge is -2.18. The molecular formula is C20H16O3S. The smallest absolute Gasteiger partial charge is 0.345 e. The van der Waals surface area contributed by atoms with Crippen molar-refractivity contribution >= 4 is 28.3 Å². The van der Waals surface area contributed by atoms with Crippen LogP contribution >= 0.6 is 11.8 Å². The van der Waals surface area contributed by atoms with Crippen molar-refractivity contribution in [3.63, 3.8) is 0 Å². The Kier molecular flexibility index (Phi) is 3.90. The summed E-state index contributed by atoms with van der Waals surface area (Å²) in [4.78, 5) is 13.5. The highest BCUT2D eigenvalue weighted by Crippen LogP contribution is 2.36. The van der Waals surface area contributed by atoms with Crippen LogP contribution in [0.5, 0.6) is 5.75 Å². The average Bonchev–Trinajstić information content (AvgIpc) is 2.61. The van der Waals surface area contributed by atoms with Gasteiger partial charge in [-0.3, -0.25) is 0 Å². The van der Waals surface area contributed by atoms with Crippen molar-refractivity contribution in [3.05, 3.63) is 76.2 Å². The molecule has 0 atom stereocenters. The van der Waals surface area contributed by atoms with E-state index in [1.54, 1.807) is 11.8 Å². The van der Waals surface area contributed by atoms with Crippen LogP contribution in [0.4, 0.5) is 0 Å². The Bertz CT molecular complexity index is 984. The lowest BCUT2D eigenvalue weighted by atomic mass is 10.1. The molecule has 1 aromatic heterocycles. The predicted octanol–water partition coefficient (Wildman–Crippen LogP) is 4.67. The van der Waals surface area contributed by atoms with E-state index < -0.39 is 0 Å². The van der Waals surface area contributed by atoms with Crippen LogP contribution in [0.3, 0.4) is 0 Å². The third kappa shape index (κ3) is 2.74. The molecule has 4 heteroatoms. The van der Waals surface area contributed by atoms with E-state index in [1.165, 1.54) is 5.56 Å². The number of aryl methyl sites for hydroxylation is 1. The van der Waals surface area contributed by atoms with Gasteiger partial charge in [-0.2, -0.15) is 0 Å². The first-order valence-corrected chi connectivity index (χ1v) is 8.78. The number of para-hydroxylation sites is 1. The molecule has 0 radical (unpaired) electrons. The fraction of sp³-hybridized carbons (Fsp3) is 0.150. The van der Waals surface area contributed by atoms with Gasteiger partial charge in [-0.1, -0.05) is 42.0 Å². The van der Waals surface area contributed by atoms with Crippen molar-refractivity contribution in [3.8, 4) is 5.75 Å². The van der Waals surface area contributed by atoms with Crippen molar-refractivity contribution in [1.82, 2.24) is 0 Å². The van der Waals surface area contributed by atoms with Crippen LogP contribution in [0.2, 0.25) is 0 Å². The van der Waals surface area contributed by atoms with Gasteiger partial charge < -0.3 is 9.15 Å². The maximum atomic E-state index is 12.5. The Balaban J connectivity index is 1.70. The quantitative estimate of drug-likeness (QED) is 0.652. The molecule has 0 fully saturated rings. The summed E-state index contributed by atoms with van der Waals surface area (Å²) in [6.07, 6.45) is 2.05. The summed E-state index contributed by atoms with van der Waals surface area (Å²) in [5.41, 5.74) is 3.05. The SMILES string of the molecule is Cc1ccc(OCC2=CCSc3c2c(=O)oc2ccccc32)cc1. The van der Waals surface area contributed by atoms with Crippen molar-refractivity contribution in [2.24, 2.45) is 0 Å². The molecule has 0 spiro atoms. The number of thioether (sulfide) groups is 1. The normalized spacial score (nSPS) is 13.5. The molecule has 24 heavy (non-hydrogen) atoms. The van der Waals surface area contributed by atoms with Gasteiger partial charge in [-0.05, 0) is 25.1 Å². The summed E-state index contributed by atoms with van der Waals surface area (Å²) in [6.45, 7) is 2.40. The van der Waals surface area contributed by atoms with E-state index in [0.717, 1.165) is 27.4 Å². The number of benzene rings is 2. The molecule has 1 aliphatic heterocycles. The molecule has 3 nitrogen and oxygen atoms in total. The van der Waals surface area contributed by atoms with E-state index in [9.17, 15) is 4.79 Å². The van der Waals surface area contributed by atoms with Gasteiger partial charge in [-0.25, -0.2) is 4.79 Å². The van der Waals surface area contributed by atoms with Crippen LogP contribution < -0.4 is 10.4 Å². The van der Waals surface area contributed by atoms with Crippen LogP contribution in [0.25, 0.3) is 16.5 Å². The van der Waals surface area contributed by atoms with Gasteiger partial charge in [0.1, 0.15) is 17.9 Å². The molecule has 0 unspecified atom stereocenters. The number of hydrogen-bond donors (Lipinski definition) is 0. The van der Waals surface area contributed by atoms with Crippen LogP contribution in [-0.2, 0) is 0 Å². The Morgan fingerprint density at radius 2 is 1.92 bits per heavy atom. The van der Waals surface area contributed by atoms with E-state index in [-0.39, 0.29) is 5.63 Å². The summed E-state index contributed by atoms with van der Waals surface area (Å²) in [5, 5.41) is 0.984. The maximum absolute atomic E-state index is 12.5. The van der Waals surface area contributed by atoms with E-state index in [4.69, 9.17) is 9.15 Å². The highest BCUT2D eigenvalue weighted by atomic mass is 32.2. The van der Waals surface area contributed by atoms with Gasteiger partial charge in [-0.15, -0.1) is 11.8 Å². The fourth-order valence-corrected chi connectivity index (χ4v) is 3.94. The highest BCUT2D eigenvalue weighted by Gasteiger charge is 2.21. The fourth-order valence-electron chi connectivity index (χ4n) is 2.80. The molecule has 0 bridgehead atoms. The first kappa shape index (κ1) is 15.1. The van der Waals surface area contributed by atoms with E-state index in [2.05, 4.69) is 0 Å². The highest BCUT2D eigenvalue weighted by molar-refractivity contribution is 7.99. The van der Waals surface area contributed by atoms with E-state index >= 15 is 0 Å². The minimum absolute atomic E-state index is 0.297. The lowest BCUT2D eigenvalue weighted by Crippen LogP contribution is -2.15. The van der Waals surface area contributed by atoms with E-state index in [0.29, 0.717) is 17.8 Å². The summed E-state index contributed by atoms with van der Waals surface area (Å²) in [7, 11) is 0. The monoisotopic (exact) mass is 336 g/mol. The molecule has 0 N–H and O–H groups in total. The molecule has 4 rings (SSSR count). The predicted molar refractivity (Wildman–Crippen MR) is 97.9 cm³/mol. The van der Waals surface area contributed by atoms with Gasteiger partial charge in [0.15, 0.2) is 0 Å². The number of rotatable bonds is 3. The summed E-state index contributed by atoms with van der Waals surface area (Å²) < 4.78 is 11.4. The van der Waals surface area contributed by atoms with Crippen molar-refractivity contribution in [2.45, 2.75) is 11.8 Å². The van der Waals surface area contributed by atoms with Crippen LogP contribution in [0.15, 0.2) is 68.7 Å². The first-order chi connectivity index (χ1) is 11.7. The second-order valence-electron chi connectivity index (χ2n) is 5.73. The number of ether oxygens (including phenoxy) is 1. The zero-order valence-corrected chi connectivity index (χ0v) is 14.1. The largest absolute Gasteiger partial charge is 0.489 e. The molecule has 3 aromatic rings. The summed E-state index contributed by atoms with van der Waals surface area (Å²) in [6, 6.07) is 15.6. The topological polar surface area (TPSA) is 39.4 Å². The molecular weight excluding hydrogens is 320 g/mol. The van der Waals surface area contributed by atoms with Gasteiger partial charge >= 0.3 is 5.63 Å². The van der Waals surface area contributed by atoms with Crippen LogP contribution in [-0.4, -0.2) is 12.4 Å². The van der Waals surface area contributed by atoms with Crippen molar-refractivity contribution in [1.29, 1.82) is 0 Å². The Morgan fingerprint density at radius 1 is 1.12 bits per heavy atom. The Hall–Kier alpha value is -2.46. The molecule has 1 aliphatic rings. The lowest BCUT2D eigenvalue weighted by molar-refractivity contribution is 0.368. The molecule has 2 heterocycles. The second-order valence-corrected chi connectivity index (χ2v) is 6.76. The Labute approximate surface area is 144 Å². The average molecular weight is 336 g/mol. The van der Waals surface area contributed by atoms with Gasteiger partial charge in [0.05, 0.1) is 5.56 Å². The van der Waals surface area contributed by atoms with Crippen LogP contribution in [0.1, 0.15) is 11.1 Å². The van der Waals surface area contributed by atoms with Gasteiger partial charge in [0.2, 0.25) is 0 Å². The minimum atomic E-state index is -0.297. The molecule has 0 saturated carbocycles. The third-order valence-electron chi connectivity index (χ3n) is 4.06. The number of hydrogen-bond acceptors (Lipinski definition) is 4. The Morgan fingerprint density at radius 3 is 2.75 bits per heavy atom. The second kappa shape index (κ2) is 6.21. The standard InChI is InChI=1S/C20H16O3S/c1-13-6-8-15(9-7-13)22-12-14-10-11-24-19-16-4-2-3-5-17(16)23-20(21)18(14)19/h2-10H,11-12H2,1H3. The van der Waals surface area contributed by atoms with Crippen LogP contribution in [0, 0.1) is 6.92 Å². The van der Waals surface area contributed by atoms with Gasteiger partial charge in [0.25, 0.3) is 0 Å². The van der Waals surface area contributed by atoms with Crippen molar-refractivity contribution in [2.75, 3.05) is 12.4 Å². The molecule has 2 aromatic carbocycles. The molecule has 0 amide bonds. The zero-order chi connectivity index (χ0) is 16.5. The van der Waals surface area contributed by atoms with Gasteiger partial charge in [0, 0.05) is 21.6 Å². The van der Waals surface area contributed by atoms with Crippen molar-refractivity contribution < 1.29 is 9.15 Å². The zero-order valence-electron chi connectivity index (χ0n) is 13.2. The summed E-state index contributed by atoms with van der Waals surface area (Å²) in [5.74, 6) is 1.62. The molecule has 0 aliphatic carbocycles. The minimum Gasteiger partial charge on any atom is -0.489 e. The first-order valence-electron chi connectivity index (χ1n) is 7.80. The van der Waals surface area contributed by atoms with E-state index in [1.807, 2.05) is 61.5 Å². The summed E-state index contributed by atoms with van der Waals surface area (Å²) >= 11 is 1.67. The third-order valence-corrected chi connectivity index (χ3v) is 5.11. The molecule has 120 valence electrons.